The van der Waals surface area contributed by atoms with Gasteiger partial charge in [-0.1, -0.05) is 6.92 Å². The molecule has 0 aliphatic carbocycles. The SMILES string of the molecule is CCc1ccc(C(C)NCCCNS(C)(=O)=O)s1. The average molecular weight is 290 g/mol. The first-order valence-corrected chi connectivity index (χ1v) is 8.90. The van der Waals surface area contributed by atoms with Crippen LogP contribution in [0.1, 0.15) is 36.1 Å². The topological polar surface area (TPSA) is 58.2 Å². The van der Waals surface area contributed by atoms with Crippen LogP contribution in [0.4, 0.5) is 0 Å². The maximum Gasteiger partial charge on any atom is 0.208 e. The van der Waals surface area contributed by atoms with Gasteiger partial charge in [-0.25, -0.2) is 13.1 Å². The molecule has 0 spiro atoms. The minimum atomic E-state index is -3.05. The predicted molar refractivity (Wildman–Crippen MR) is 77.6 cm³/mol. The van der Waals surface area contributed by atoms with Crippen LogP contribution in [0.15, 0.2) is 12.1 Å². The highest BCUT2D eigenvalue weighted by atomic mass is 32.2. The molecule has 0 aromatic carbocycles. The molecule has 104 valence electrons. The molecular weight excluding hydrogens is 268 g/mol. The van der Waals surface area contributed by atoms with E-state index in [0.717, 1.165) is 19.4 Å². The first kappa shape index (κ1) is 15.6. The molecule has 1 aromatic heterocycles. The fourth-order valence-electron chi connectivity index (χ4n) is 1.58. The number of thiophene rings is 1. The Hall–Kier alpha value is -0.430. The van der Waals surface area contributed by atoms with Crippen molar-refractivity contribution in [3.63, 3.8) is 0 Å². The van der Waals surface area contributed by atoms with Gasteiger partial charge in [-0.15, -0.1) is 11.3 Å². The van der Waals surface area contributed by atoms with Crippen molar-refractivity contribution in [1.29, 1.82) is 0 Å². The lowest BCUT2D eigenvalue weighted by atomic mass is 10.2. The van der Waals surface area contributed by atoms with E-state index in [0.29, 0.717) is 12.6 Å². The molecule has 2 N–H and O–H groups in total. The maximum atomic E-state index is 10.9. The monoisotopic (exact) mass is 290 g/mol. The summed E-state index contributed by atoms with van der Waals surface area (Å²) in [6.07, 6.45) is 3.06. The number of nitrogens with one attached hydrogen (secondary N) is 2. The summed E-state index contributed by atoms with van der Waals surface area (Å²) in [5, 5.41) is 3.40. The van der Waals surface area contributed by atoms with E-state index in [2.05, 4.69) is 36.0 Å². The van der Waals surface area contributed by atoms with Crippen LogP contribution in [0.3, 0.4) is 0 Å². The average Bonchev–Trinajstić information content (AvgIpc) is 2.75. The van der Waals surface area contributed by atoms with Crippen molar-refractivity contribution in [2.45, 2.75) is 32.7 Å². The van der Waals surface area contributed by atoms with Gasteiger partial charge in [0.25, 0.3) is 0 Å². The summed E-state index contributed by atoms with van der Waals surface area (Å²) in [7, 11) is -3.05. The highest BCUT2D eigenvalue weighted by Crippen LogP contribution is 2.23. The minimum Gasteiger partial charge on any atom is -0.309 e. The van der Waals surface area contributed by atoms with Crippen molar-refractivity contribution in [2.75, 3.05) is 19.3 Å². The summed E-state index contributed by atoms with van der Waals surface area (Å²) < 4.78 is 24.2. The van der Waals surface area contributed by atoms with Crippen LogP contribution in [0.25, 0.3) is 0 Å². The summed E-state index contributed by atoms with van der Waals surface area (Å²) in [4.78, 5) is 2.74. The Labute approximate surface area is 114 Å². The fourth-order valence-corrected chi connectivity index (χ4v) is 3.08. The Morgan fingerprint density at radius 3 is 2.61 bits per heavy atom. The molecular formula is C12H22N2O2S2. The van der Waals surface area contributed by atoms with E-state index >= 15 is 0 Å². The van der Waals surface area contributed by atoms with Gasteiger partial charge in [0.05, 0.1) is 6.26 Å². The predicted octanol–water partition coefficient (Wildman–Crippen LogP) is 1.90. The van der Waals surface area contributed by atoms with Gasteiger partial charge in [0.2, 0.25) is 10.0 Å². The van der Waals surface area contributed by atoms with Crippen LogP contribution < -0.4 is 10.0 Å². The standard InChI is InChI=1S/C12H22N2O2S2/c1-4-11-6-7-12(17-11)10(2)13-8-5-9-14-18(3,15)16/h6-7,10,13-14H,4-5,8-9H2,1-3H3. The van der Waals surface area contributed by atoms with E-state index in [-0.39, 0.29) is 0 Å². The quantitative estimate of drug-likeness (QED) is 0.719. The smallest absolute Gasteiger partial charge is 0.208 e. The van der Waals surface area contributed by atoms with E-state index < -0.39 is 10.0 Å². The van der Waals surface area contributed by atoms with Crippen molar-refractivity contribution in [1.82, 2.24) is 10.0 Å². The number of rotatable bonds is 8. The van der Waals surface area contributed by atoms with Crippen LogP contribution in [0, 0.1) is 0 Å². The minimum absolute atomic E-state index is 0.327. The summed E-state index contributed by atoms with van der Waals surface area (Å²) in [5.74, 6) is 0. The summed E-state index contributed by atoms with van der Waals surface area (Å²) in [5.41, 5.74) is 0. The first-order chi connectivity index (χ1) is 8.42. The molecule has 0 saturated carbocycles. The normalized spacial score (nSPS) is 13.7. The molecule has 1 unspecified atom stereocenters. The van der Waals surface area contributed by atoms with Gasteiger partial charge in [0.1, 0.15) is 0 Å². The third-order valence-corrected chi connectivity index (χ3v) is 4.77. The van der Waals surface area contributed by atoms with Crippen LogP contribution >= 0.6 is 11.3 Å². The number of sulfonamides is 1. The van der Waals surface area contributed by atoms with Gasteiger partial charge in [-0.05, 0) is 38.4 Å². The summed E-state index contributed by atoms with van der Waals surface area (Å²) in [6.45, 7) is 5.59. The highest BCUT2D eigenvalue weighted by molar-refractivity contribution is 7.88. The summed E-state index contributed by atoms with van der Waals surface area (Å²) >= 11 is 1.84. The highest BCUT2D eigenvalue weighted by Gasteiger charge is 2.07. The van der Waals surface area contributed by atoms with Gasteiger partial charge < -0.3 is 5.32 Å². The fraction of sp³-hybridized carbons (Fsp3) is 0.667. The molecule has 0 aliphatic rings. The van der Waals surface area contributed by atoms with Gasteiger partial charge in [-0.3, -0.25) is 0 Å². The van der Waals surface area contributed by atoms with Crippen molar-refractivity contribution in [2.24, 2.45) is 0 Å². The molecule has 0 aliphatic heterocycles. The molecule has 0 radical (unpaired) electrons. The van der Waals surface area contributed by atoms with Crippen molar-refractivity contribution in [3.05, 3.63) is 21.9 Å². The van der Waals surface area contributed by atoms with Gasteiger partial charge in [-0.2, -0.15) is 0 Å². The van der Waals surface area contributed by atoms with Crippen molar-refractivity contribution >= 4 is 21.4 Å². The van der Waals surface area contributed by atoms with Gasteiger partial charge >= 0.3 is 0 Å². The lowest BCUT2D eigenvalue weighted by Crippen LogP contribution is -2.27. The lowest BCUT2D eigenvalue weighted by molar-refractivity contribution is 0.553. The van der Waals surface area contributed by atoms with E-state index in [4.69, 9.17) is 0 Å². The second kappa shape index (κ2) is 7.23. The first-order valence-electron chi connectivity index (χ1n) is 6.19. The zero-order valence-corrected chi connectivity index (χ0v) is 12.8. The molecule has 6 heteroatoms. The molecule has 4 nitrogen and oxygen atoms in total. The Bertz CT molecular complexity index is 454. The van der Waals surface area contributed by atoms with E-state index in [9.17, 15) is 8.42 Å². The molecule has 0 fully saturated rings. The maximum absolute atomic E-state index is 10.9. The number of hydrogen-bond donors (Lipinski definition) is 2. The number of aryl methyl sites for hydroxylation is 1. The zero-order valence-electron chi connectivity index (χ0n) is 11.2. The molecule has 1 aromatic rings. The largest absolute Gasteiger partial charge is 0.309 e. The van der Waals surface area contributed by atoms with E-state index in [1.807, 2.05) is 11.3 Å². The van der Waals surface area contributed by atoms with E-state index in [1.54, 1.807) is 0 Å². The molecule has 0 saturated heterocycles. The van der Waals surface area contributed by atoms with Gasteiger partial charge in [0.15, 0.2) is 0 Å². The summed E-state index contributed by atoms with van der Waals surface area (Å²) in [6, 6.07) is 4.66. The molecule has 0 amide bonds. The lowest BCUT2D eigenvalue weighted by Gasteiger charge is -2.11. The van der Waals surface area contributed by atoms with Crippen molar-refractivity contribution in [3.8, 4) is 0 Å². The molecule has 1 heterocycles. The Balaban J connectivity index is 2.23. The van der Waals surface area contributed by atoms with Crippen molar-refractivity contribution < 1.29 is 8.42 Å². The van der Waals surface area contributed by atoms with Crippen LogP contribution in [-0.2, 0) is 16.4 Å². The third-order valence-electron chi connectivity index (χ3n) is 2.63. The molecule has 1 atom stereocenters. The molecule has 1 rings (SSSR count). The van der Waals surface area contributed by atoms with Crippen LogP contribution in [0.5, 0.6) is 0 Å². The Morgan fingerprint density at radius 1 is 1.33 bits per heavy atom. The van der Waals surface area contributed by atoms with Crippen LogP contribution in [-0.4, -0.2) is 27.8 Å². The molecule has 0 bridgehead atoms. The Morgan fingerprint density at radius 2 is 2.06 bits per heavy atom. The second-order valence-corrected chi connectivity index (χ2v) is 7.39. The Kier molecular flexibility index (Phi) is 6.28. The third kappa shape index (κ3) is 5.95. The number of hydrogen-bond acceptors (Lipinski definition) is 4. The molecule has 18 heavy (non-hydrogen) atoms. The van der Waals surface area contributed by atoms with E-state index in [1.165, 1.54) is 16.0 Å². The zero-order chi connectivity index (χ0) is 13.6. The second-order valence-electron chi connectivity index (χ2n) is 4.35. The van der Waals surface area contributed by atoms with Crippen LogP contribution in [0.2, 0.25) is 0 Å². The van der Waals surface area contributed by atoms with Gasteiger partial charge in [0, 0.05) is 22.3 Å².